The van der Waals surface area contributed by atoms with E-state index in [1.54, 1.807) is 7.11 Å². The van der Waals surface area contributed by atoms with Crippen molar-refractivity contribution < 1.29 is 9.84 Å². The monoisotopic (exact) mass is 232 g/mol. The third-order valence-corrected chi connectivity index (χ3v) is 2.78. The van der Waals surface area contributed by atoms with Crippen LogP contribution in [0.4, 0.5) is 0 Å². The molecule has 1 atom stereocenters. The van der Waals surface area contributed by atoms with Crippen LogP contribution >= 0.6 is 0 Å². The van der Waals surface area contributed by atoms with E-state index in [2.05, 4.69) is 5.92 Å². The molecule has 1 aromatic carbocycles. The lowest BCUT2D eigenvalue weighted by atomic mass is 10.0. The van der Waals surface area contributed by atoms with Crippen LogP contribution in [0.3, 0.4) is 0 Å². The van der Waals surface area contributed by atoms with Gasteiger partial charge in [-0.25, -0.2) is 0 Å². The summed E-state index contributed by atoms with van der Waals surface area (Å²) in [5.41, 5.74) is 1.22. The Hall–Kier alpha value is -1.46. The van der Waals surface area contributed by atoms with Crippen LogP contribution in [0.15, 0.2) is 24.3 Å². The van der Waals surface area contributed by atoms with E-state index in [9.17, 15) is 5.11 Å². The first-order valence-corrected chi connectivity index (χ1v) is 6.00. The molecular weight excluding hydrogens is 212 g/mol. The van der Waals surface area contributed by atoms with Gasteiger partial charge < -0.3 is 9.84 Å². The molecule has 0 aliphatic carbocycles. The van der Waals surface area contributed by atoms with Gasteiger partial charge in [-0.2, -0.15) is 0 Å². The lowest BCUT2D eigenvalue weighted by Crippen LogP contribution is -2.07. The van der Waals surface area contributed by atoms with Crippen molar-refractivity contribution in [3.8, 4) is 18.1 Å². The van der Waals surface area contributed by atoms with Crippen molar-refractivity contribution in [3.63, 3.8) is 0 Å². The van der Waals surface area contributed by atoms with Crippen LogP contribution in [-0.2, 0) is 6.42 Å². The fourth-order valence-electron chi connectivity index (χ4n) is 1.71. The SMILES string of the molecule is C#CCCCC(O)CCc1ccc(OC)cc1. The summed E-state index contributed by atoms with van der Waals surface area (Å²) in [5, 5.41) is 9.74. The Morgan fingerprint density at radius 3 is 2.59 bits per heavy atom. The highest BCUT2D eigenvalue weighted by Crippen LogP contribution is 2.14. The summed E-state index contributed by atoms with van der Waals surface area (Å²) in [6.07, 6.45) is 9.04. The minimum Gasteiger partial charge on any atom is -0.497 e. The van der Waals surface area contributed by atoms with Gasteiger partial charge in [0.1, 0.15) is 5.75 Å². The van der Waals surface area contributed by atoms with E-state index in [1.165, 1.54) is 5.56 Å². The first kappa shape index (κ1) is 13.6. The summed E-state index contributed by atoms with van der Waals surface area (Å²) >= 11 is 0. The lowest BCUT2D eigenvalue weighted by Gasteiger charge is -2.09. The number of methoxy groups -OCH3 is 1. The molecule has 2 nitrogen and oxygen atoms in total. The summed E-state index contributed by atoms with van der Waals surface area (Å²) in [4.78, 5) is 0. The molecule has 0 heterocycles. The van der Waals surface area contributed by atoms with Crippen molar-refractivity contribution in [2.45, 2.75) is 38.2 Å². The highest BCUT2D eigenvalue weighted by atomic mass is 16.5. The average molecular weight is 232 g/mol. The zero-order valence-electron chi connectivity index (χ0n) is 10.4. The summed E-state index contributed by atoms with van der Waals surface area (Å²) < 4.78 is 5.09. The molecule has 0 saturated carbocycles. The van der Waals surface area contributed by atoms with E-state index in [1.807, 2.05) is 24.3 Å². The highest BCUT2D eigenvalue weighted by molar-refractivity contribution is 5.27. The molecule has 0 fully saturated rings. The third-order valence-electron chi connectivity index (χ3n) is 2.78. The van der Waals surface area contributed by atoms with Gasteiger partial charge >= 0.3 is 0 Å². The van der Waals surface area contributed by atoms with Gasteiger partial charge in [0.15, 0.2) is 0 Å². The molecule has 0 saturated heterocycles. The molecule has 17 heavy (non-hydrogen) atoms. The van der Waals surface area contributed by atoms with E-state index in [0.717, 1.165) is 37.9 Å². The fourth-order valence-corrected chi connectivity index (χ4v) is 1.71. The number of aliphatic hydroxyl groups excluding tert-OH is 1. The molecule has 1 N–H and O–H groups in total. The van der Waals surface area contributed by atoms with Crippen molar-refractivity contribution >= 4 is 0 Å². The van der Waals surface area contributed by atoms with Gasteiger partial charge in [-0.3, -0.25) is 0 Å². The number of terminal acetylenes is 1. The number of aliphatic hydroxyl groups is 1. The zero-order valence-corrected chi connectivity index (χ0v) is 10.4. The van der Waals surface area contributed by atoms with Crippen molar-refractivity contribution in [1.82, 2.24) is 0 Å². The van der Waals surface area contributed by atoms with Crippen LogP contribution in [0.5, 0.6) is 5.75 Å². The number of benzene rings is 1. The van der Waals surface area contributed by atoms with E-state index in [4.69, 9.17) is 11.2 Å². The Morgan fingerprint density at radius 1 is 1.29 bits per heavy atom. The second-order valence-corrected chi connectivity index (χ2v) is 4.14. The van der Waals surface area contributed by atoms with E-state index < -0.39 is 0 Å². The zero-order chi connectivity index (χ0) is 12.5. The number of aryl methyl sites for hydroxylation is 1. The maximum atomic E-state index is 9.74. The first-order valence-electron chi connectivity index (χ1n) is 6.00. The summed E-state index contributed by atoms with van der Waals surface area (Å²) in [5.74, 6) is 3.45. The van der Waals surface area contributed by atoms with Crippen LogP contribution in [0.25, 0.3) is 0 Å². The largest absolute Gasteiger partial charge is 0.497 e. The molecular formula is C15H20O2. The van der Waals surface area contributed by atoms with Crippen molar-refractivity contribution in [1.29, 1.82) is 0 Å². The number of unbranched alkanes of at least 4 members (excludes halogenated alkanes) is 1. The predicted molar refractivity (Wildman–Crippen MR) is 70.0 cm³/mol. The molecule has 0 radical (unpaired) electrons. The predicted octanol–water partition coefficient (Wildman–Crippen LogP) is 2.79. The van der Waals surface area contributed by atoms with Crippen LogP contribution in [0, 0.1) is 12.3 Å². The minimum absolute atomic E-state index is 0.245. The molecule has 1 aromatic rings. The van der Waals surface area contributed by atoms with Gasteiger partial charge in [0.05, 0.1) is 13.2 Å². The summed E-state index contributed by atoms with van der Waals surface area (Å²) in [6, 6.07) is 7.96. The van der Waals surface area contributed by atoms with Crippen LogP contribution in [-0.4, -0.2) is 18.3 Å². The Bertz CT molecular complexity index is 348. The molecule has 2 heteroatoms. The summed E-state index contributed by atoms with van der Waals surface area (Å²) in [6.45, 7) is 0. The minimum atomic E-state index is -0.245. The van der Waals surface area contributed by atoms with Gasteiger partial charge in [-0.1, -0.05) is 12.1 Å². The molecule has 0 amide bonds. The topological polar surface area (TPSA) is 29.5 Å². The molecule has 0 aliphatic rings. The van der Waals surface area contributed by atoms with Gasteiger partial charge in [-0.15, -0.1) is 12.3 Å². The van der Waals surface area contributed by atoms with E-state index in [0.29, 0.717) is 0 Å². The van der Waals surface area contributed by atoms with Crippen LogP contribution < -0.4 is 4.74 Å². The van der Waals surface area contributed by atoms with E-state index >= 15 is 0 Å². The normalized spacial score (nSPS) is 11.8. The number of hydrogen-bond acceptors (Lipinski definition) is 2. The molecule has 1 unspecified atom stereocenters. The smallest absolute Gasteiger partial charge is 0.118 e. The van der Waals surface area contributed by atoms with Crippen molar-refractivity contribution in [3.05, 3.63) is 29.8 Å². The second-order valence-electron chi connectivity index (χ2n) is 4.14. The lowest BCUT2D eigenvalue weighted by molar-refractivity contribution is 0.153. The van der Waals surface area contributed by atoms with Crippen LogP contribution in [0.1, 0.15) is 31.2 Å². The summed E-state index contributed by atoms with van der Waals surface area (Å²) in [7, 11) is 1.66. The van der Waals surface area contributed by atoms with Gasteiger partial charge in [-0.05, 0) is 43.4 Å². The molecule has 0 aliphatic heterocycles. The molecule has 0 aromatic heterocycles. The Balaban J connectivity index is 2.27. The Morgan fingerprint density at radius 2 is 2.00 bits per heavy atom. The van der Waals surface area contributed by atoms with E-state index in [-0.39, 0.29) is 6.10 Å². The molecule has 0 spiro atoms. The second kappa shape index (κ2) is 7.76. The quantitative estimate of drug-likeness (QED) is 0.578. The third kappa shape index (κ3) is 5.42. The number of hydrogen-bond donors (Lipinski definition) is 1. The van der Waals surface area contributed by atoms with Crippen molar-refractivity contribution in [2.24, 2.45) is 0 Å². The molecule has 0 bridgehead atoms. The maximum Gasteiger partial charge on any atom is 0.118 e. The van der Waals surface area contributed by atoms with Crippen molar-refractivity contribution in [2.75, 3.05) is 7.11 Å². The average Bonchev–Trinajstić information content (AvgIpc) is 2.37. The number of rotatable bonds is 7. The molecule has 1 rings (SSSR count). The standard InChI is InChI=1S/C15H20O2/c1-3-4-5-6-14(16)10-7-13-8-11-15(17-2)12-9-13/h1,8-9,11-12,14,16H,4-7,10H2,2H3. The maximum absolute atomic E-state index is 9.74. The molecule has 92 valence electrons. The first-order chi connectivity index (χ1) is 8.26. The fraction of sp³-hybridized carbons (Fsp3) is 0.467. The van der Waals surface area contributed by atoms with Gasteiger partial charge in [0, 0.05) is 6.42 Å². The Kier molecular flexibility index (Phi) is 6.21. The van der Waals surface area contributed by atoms with Crippen LogP contribution in [0.2, 0.25) is 0 Å². The highest BCUT2D eigenvalue weighted by Gasteiger charge is 2.04. The van der Waals surface area contributed by atoms with Gasteiger partial charge in [0.2, 0.25) is 0 Å². The Labute approximate surface area is 104 Å². The number of ether oxygens (including phenoxy) is 1. The van der Waals surface area contributed by atoms with Gasteiger partial charge in [0.25, 0.3) is 0 Å².